The van der Waals surface area contributed by atoms with Crippen molar-refractivity contribution in [1.82, 2.24) is 19.5 Å². The Labute approximate surface area is 191 Å². The molecule has 0 amide bonds. The molecule has 0 saturated carbocycles. The van der Waals surface area contributed by atoms with E-state index in [-0.39, 0.29) is 11.9 Å². The van der Waals surface area contributed by atoms with Gasteiger partial charge in [-0.25, -0.2) is 4.98 Å². The van der Waals surface area contributed by atoms with Crippen molar-refractivity contribution in [3.05, 3.63) is 45.0 Å². The molecule has 0 unspecified atom stereocenters. The van der Waals surface area contributed by atoms with Gasteiger partial charge in [-0.15, -0.1) is 0 Å². The van der Waals surface area contributed by atoms with E-state index in [1.54, 1.807) is 4.57 Å². The number of aliphatic hydroxyl groups is 2. The number of aliphatic hydroxyl groups excluding tert-OH is 2. The summed E-state index contributed by atoms with van der Waals surface area (Å²) >= 11 is 8.41. The number of nitrogens with zero attached hydrogens (tertiary/aromatic N) is 4. The van der Waals surface area contributed by atoms with E-state index in [4.69, 9.17) is 21.1 Å². The van der Waals surface area contributed by atoms with Crippen LogP contribution in [0.2, 0.25) is 5.28 Å². The molecule has 160 valence electrons. The van der Waals surface area contributed by atoms with Crippen molar-refractivity contribution in [3.8, 4) is 0 Å². The minimum atomic E-state index is -1.16. The summed E-state index contributed by atoms with van der Waals surface area (Å²) in [6, 6.07) is 8.08. The summed E-state index contributed by atoms with van der Waals surface area (Å²) in [5.41, 5.74) is 1.97. The fourth-order valence-corrected chi connectivity index (χ4v) is 4.13. The maximum atomic E-state index is 10.5. The first-order valence-electron chi connectivity index (χ1n) is 9.45. The van der Waals surface area contributed by atoms with Gasteiger partial charge in [-0.1, -0.05) is 12.1 Å². The van der Waals surface area contributed by atoms with Crippen LogP contribution in [-0.4, -0.2) is 61.3 Å². The van der Waals surface area contributed by atoms with Crippen LogP contribution in [0.4, 0.5) is 5.82 Å². The van der Waals surface area contributed by atoms with Crippen molar-refractivity contribution in [2.45, 2.75) is 38.0 Å². The largest absolute Gasteiger partial charge is 0.387 e. The number of rotatable bonds is 7. The Morgan fingerprint density at radius 1 is 1.30 bits per heavy atom. The predicted molar refractivity (Wildman–Crippen MR) is 119 cm³/mol. The molecule has 3 N–H and O–H groups in total. The van der Waals surface area contributed by atoms with Crippen molar-refractivity contribution >= 4 is 51.2 Å². The normalized spacial score (nSPS) is 23.9. The predicted octanol–water partition coefficient (Wildman–Crippen LogP) is 2.35. The third kappa shape index (κ3) is 4.39. The highest BCUT2D eigenvalue weighted by molar-refractivity contribution is 14.1. The van der Waals surface area contributed by atoms with Crippen LogP contribution in [0, 0.1) is 3.57 Å². The Morgan fingerprint density at radius 3 is 2.90 bits per heavy atom. The molecule has 11 heteroatoms. The van der Waals surface area contributed by atoms with Crippen LogP contribution in [0.25, 0.3) is 11.2 Å². The van der Waals surface area contributed by atoms with Crippen molar-refractivity contribution in [2.75, 3.05) is 18.5 Å². The molecule has 0 spiro atoms. The van der Waals surface area contributed by atoms with Gasteiger partial charge >= 0.3 is 0 Å². The average Bonchev–Trinajstić information content (AvgIpc) is 3.26. The summed E-state index contributed by atoms with van der Waals surface area (Å²) in [5.74, 6) is 0.474. The molecular formula is C19H21ClIN5O4. The molecule has 1 fully saturated rings. The van der Waals surface area contributed by atoms with Crippen LogP contribution in [0.1, 0.15) is 18.7 Å². The van der Waals surface area contributed by atoms with E-state index in [0.29, 0.717) is 30.1 Å². The van der Waals surface area contributed by atoms with Crippen molar-refractivity contribution in [3.63, 3.8) is 0 Å². The van der Waals surface area contributed by atoms with Crippen LogP contribution >= 0.6 is 34.2 Å². The molecule has 0 bridgehead atoms. The van der Waals surface area contributed by atoms with Crippen molar-refractivity contribution < 1.29 is 19.7 Å². The fraction of sp³-hybridized carbons (Fsp3) is 0.421. The lowest BCUT2D eigenvalue weighted by Gasteiger charge is -2.16. The van der Waals surface area contributed by atoms with Gasteiger partial charge in [-0.2, -0.15) is 9.97 Å². The lowest BCUT2D eigenvalue weighted by Crippen LogP contribution is -2.33. The number of fused-ring (bicyclic) bond motifs is 1. The van der Waals surface area contributed by atoms with Crippen LogP contribution < -0.4 is 5.32 Å². The Morgan fingerprint density at radius 2 is 2.13 bits per heavy atom. The molecule has 3 aromatic rings. The van der Waals surface area contributed by atoms with E-state index in [0.717, 1.165) is 9.13 Å². The van der Waals surface area contributed by atoms with Gasteiger partial charge in [0.25, 0.3) is 0 Å². The number of hydrogen-bond acceptors (Lipinski definition) is 8. The van der Waals surface area contributed by atoms with Gasteiger partial charge in [0.2, 0.25) is 5.28 Å². The minimum absolute atomic E-state index is 0.0355. The standard InChI is InChI=1S/C19H21ClIN5O4/c1-2-29-8-12-14(27)15(28)18(30-12)26-9-23-13-16(24-19(20)25-17(13)26)22-7-10-4-3-5-11(21)6-10/h3-6,9,12,14-15,18,27-28H,2,7-8H2,1H3,(H,22,24,25)/t12-,14-,15-,18-/m1/s1. The number of aromatic nitrogens is 4. The van der Waals surface area contributed by atoms with E-state index in [1.807, 2.05) is 25.1 Å². The minimum Gasteiger partial charge on any atom is -0.387 e. The summed E-state index contributed by atoms with van der Waals surface area (Å²) in [5, 5.41) is 24.1. The summed E-state index contributed by atoms with van der Waals surface area (Å²) in [6.07, 6.45) is -2.28. The molecule has 0 aliphatic carbocycles. The van der Waals surface area contributed by atoms with E-state index in [1.165, 1.54) is 6.33 Å². The van der Waals surface area contributed by atoms with Crippen LogP contribution in [0.5, 0.6) is 0 Å². The fourth-order valence-electron chi connectivity index (χ4n) is 3.36. The van der Waals surface area contributed by atoms with Gasteiger partial charge in [-0.05, 0) is 58.8 Å². The van der Waals surface area contributed by atoms with E-state index >= 15 is 0 Å². The molecule has 2 aromatic heterocycles. The highest BCUT2D eigenvalue weighted by Gasteiger charge is 2.44. The molecule has 1 saturated heterocycles. The van der Waals surface area contributed by atoms with Crippen molar-refractivity contribution in [1.29, 1.82) is 0 Å². The van der Waals surface area contributed by atoms with Crippen LogP contribution in [-0.2, 0) is 16.0 Å². The molecule has 4 atom stereocenters. The zero-order chi connectivity index (χ0) is 21.3. The zero-order valence-corrected chi connectivity index (χ0v) is 19.0. The topological polar surface area (TPSA) is 115 Å². The third-order valence-corrected chi connectivity index (χ3v) is 5.68. The molecule has 30 heavy (non-hydrogen) atoms. The van der Waals surface area contributed by atoms with Crippen molar-refractivity contribution in [2.24, 2.45) is 0 Å². The smallest absolute Gasteiger partial charge is 0.226 e. The Hall–Kier alpha value is -1.57. The first-order valence-corrected chi connectivity index (χ1v) is 10.9. The van der Waals surface area contributed by atoms with Gasteiger partial charge in [0.1, 0.15) is 18.3 Å². The highest BCUT2D eigenvalue weighted by Crippen LogP contribution is 2.33. The van der Waals surface area contributed by atoms with Gasteiger partial charge in [0, 0.05) is 16.7 Å². The number of benzene rings is 1. The highest BCUT2D eigenvalue weighted by atomic mass is 127. The second-order valence-electron chi connectivity index (χ2n) is 6.85. The molecule has 0 radical (unpaired) electrons. The van der Waals surface area contributed by atoms with Gasteiger partial charge in [0.05, 0.1) is 12.9 Å². The average molecular weight is 546 g/mol. The van der Waals surface area contributed by atoms with E-state index in [2.05, 4.69) is 48.9 Å². The molecular weight excluding hydrogens is 525 g/mol. The second-order valence-corrected chi connectivity index (χ2v) is 8.44. The summed E-state index contributed by atoms with van der Waals surface area (Å²) in [7, 11) is 0. The lowest BCUT2D eigenvalue weighted by molar-refractivity contribution is -0.0638. The Kier molecular flexibility index (Phi) is 6.70. The molecule has 1 aliphatic heterocycles. The maximum absolute atomic E-state index is 10.5. The number of ether oxygens (including phenoxy) is 2. The first-order chi connectivity index (χ1) is 14.5. The SMILES string of the molecule is CCOC[C@H]1O[C@@H](n2cnc3c(NCc4cccc(I)c4)nc(Cl)nc32)[C@H](O)[C@@H]1O. The maximum Gasteiger partial charge on any atom is 0.226 e. The summed E-state index contributed by atoms with van der Waals surface area (Å²) in [6.45, 7) is 3.04. The molecule has 1 aromatic carbocycles. The van der Waals surface area contributed by atoms with Crippen LogP contribution in [0.3, 0.4) is 0 Å². The lowest BCUT2D eigenvalue weighted by atomic mass is 10.1. The van der Waals surface area contributed by atoms with Gasteiger partial charge < -0.3 is 25.0 Å². The molecule has 3 heterocycles. The van der Waals surface area contributed by atoms with Gasteiger partial charge in [0.15, 0.2) is 23.2 Å². The monoisotopic (exact) mass is 545 g/mol. The Balaban J connectivity index is 1.60. The third-order valence-electron chi connectivity index (χ3n) is 4.84. The summed E-state index contributed by atoms with van der Waals surface area (Å²) in [4.78, 5) is 12.9. The first kappa shape index (κ1) is 21.7. The molecule has 9 nitrogen and oxygen atoms in total. The Bertz CT molecular complexity index is 1040. The molecule has 4 rings (SSSR count). The summed E-state index contributed by atoms with van der Waals surface area (Å²) < 4.78 is 13.9. The zero-order valence-electron chi connectivity index (χ0n) is 16.1. The number of imidazole rings is 1. The van der Waals surface area contributed by atoms with E-state index < -0.39 is 24.5 Å². The number of halogens is 2. The number of anilines is 1. The van der Waals surface area contributed by atoms with E-state index in [9.17, 15) is 10.2 Å². The van der Waals surface area contributed by atoms with Gasteiger partial charge in [-0.3, -0.25) is 4.57 Å². The second kappa shape index (κ2) is 9.28. The number of nitrogens with one attached hydrogen (secondary N) is 1. The number of hydrogen-bond donors (Lipinski definition) is 3. The molecule has 1 aliphatic rings. The quantitative estimate of drug-likeness (QED) is 0.306. The van der Waals surface area contributed by atoms with Crippen LogP contribution in [0.15, 0.2) is 30.6 Å².